The first kappa shape index (κ1) is 25.2. The topological polar surface area (TPSA) is 21.7 Å². The second-order valence-corrected chi connectivity index (χ2v) is 9.21. The van der Waals surface area contributed by atoms with Crippen molar-refractivity contribution in [2.24, 2.45) is 0 Å². The van der Waals surface area contributed by atoms with Gasteiger partial charge in [0.25, 0.3) is 0 Å². The van der Waals surface area contributed by atoms with Crippen molar-refractivity contribution in [3.05, 3.63) is 89.2 Å². The van der Waals surface area contributed by atoms with Gasteiger partial charge in [0.1, 0.15) is 0 Å². The Labute approximate surface area is 203 Å². The second-order valence-electron chi connectivity index (χ2n) is 9.21. The number of hydrogen-bond donors (Lipinski definition) is 0. The molecule has 7 heteroatoms. The van der Waals surface area contributed by atoms with Crippen molar-refractivity contribution in [1.82, 2.24) is 4.90 Å². The lowest BCUT2D eigenvalue weighted by atomic mass is 9.73. The molecule has 0 radical (unpaired) electrons. The van der Waals surface area contributed by atoms with Crippen LogP contribution in [0, 0.1) is 5.82 Å². The molecule has 0 atom stereocenters. The molecule has 0 unspecified atom stereocenters. The Kier molecular flexibility index (Phi) is 7.47. The van der Waals surface area contributed by atoms with E-state index in [9.17, 15) is 17.6 Å². The summed E-state index contributed by atoms with van der Waals surface area (Å²) in [5, 5.41) is 0. The first-order valence-corrected chi connectivity index (χ1v) is 11.6. The fraction of sp³-hybridized carbons (Fsp3) is 0.357. The molecular weight excluding hydrogens is 458 g/mol. The molecule has 0 spiro atoms. The number of rotatable bonds is 7. The largest absolute Gasteiger partial charge is 0.494 e. The van der Waals surface area contributed by atoms with Gasteiger partial charge in [-0.3, -0.25) is 0 Å². The maximum atomic E-state index is 14.2. The van der Waals surface area contributed by atoms with Gasteiger partial charge >= 0.3 is 6.18 Å². The van der Waals surface area contributed by atoms with Crippen LogP contribution < -0.4 is 4.74 Å². The summed E-state index contributed by atoms with van der Waals surface area (Å²) in [6, 6.07) is 18.1. The summed E-state index contributed by atoms with van der Waals surface area (Å²) in [5.74, 6) is -0.596. The molecule has 1 heterocycles. The molecular formula is C28H29F4NO2. The van der Waals surface area contributed by atoms with Gasteiger partial charge < -0.3 is 14.4 Å². The Hall–Kier alpha value is -2.90. The second kappa shape index (κ2) is 10.4. The van der Waals surface area contributed by atoms with E-state index in [0.717, 1.165) is 38.1 Å². The van der Waals surface area contributed by atoms with Crippen molar-refractivity contribution >= 4 is 0 Å². The van der Waals surface area contributed by atoms with Gasteiger partial charge in [0.15, 0.2) is 11.6 Å². The average molecular weight is 488 g/mol. The van der Waals surface area contributed by atoms with Crippen LogP contribution in [0.4, 0.5) is 17.6 Å². The summed E-state index contributed by atoms with van der Waals surface area (Å²) in [6.45, 7) is 2.29. The van der Waals surface area contributed by atoms with Crippen LogP contribution in [0.25, 0.3) is 11.1 Å². The highest BCUT2D eigenvalue weighted by Gasteiger charge is 2.36. The summed E-state index contributed by atoms with van der Waals surface area (Å²) in [4.78, 5) is 2.27. The fourth-order valence-corrected chi connectivity index (χ4v) is 4.67. The summed E-state index contributed by atoms with van der Waals surface area (Å²) < 4.78 is 66.2. The van der Waals surface area contributed by atoms with Crippen molar-refractivity contribution in [1.29, 1.82) is 0 Å². The predicted octanol–water partition coefficient (Wildman–Crippen LogP) is 6.70. The number of benzene rings is 3. The van der Waals surface area contributed by atoms with E-state index in [1.54, 1.807) is 12.1 Å². The Morgan fingerprint density at radius 3 is 2.26 bits per heavy atom. The zero-order valence-electron chi connectivity index (χ0n) is 19.9. The highest BCUT2D eigenvalue weighted by Crippen LogP contribution is 2.37. The predicted molar refractivity (Wildman–Crippen MR) is 128 cm³/mol. The molecule has 0 bridgehead atoms. The van der Waals surface area contributed by atoms with Crippen LogP contribution in [0.1, 0.15) is 29.5 Å². The van der Waals surface area contributed by atoms with Crippen molar-refractivity contribution in [2.45, 2.75) is 31.0 Å². The number of ether oxygens (including phenoxy) is 2. The first-order chi connectivity index (χ1) is 16.7. The number of piperidine rings is 1. The Bertz CT molecular complexity index is 1140. The number of hydrogen-bond acceptors (Lipinski definition) is 3. The van der Waals surface area contributed by atoms with E-state index in [4.69, 9.17) is 9.47 Å². The van der Waals surface area contributed by atoms with E-state index in [1.165, 1.54) is 24.8 Å². The standard InChI is InChI=1S/C28H29F4NO2/c1-33-12-10-27(11-13-33,23-6-4-3-5-7-23)19-35-18-20-14-22(16-24(15-20)28(30,31)32)21-8-9-26(34-2)25(29)17-21/h3-9,14-17H,10-13,18-19H2,1-2H3. The summed E-state index contributed by atoms with van der Waals surface area (Å²) >= 11 is 0. The van der Waals surface area contributed by atoms with Gasteiger partial charge in [-0.05, 0) is 85.6 Å². The molecule has 1 aliphatic rings. The molecule has 1 saturated heterocycles. The van der Waals surface area contributed by atoms with E-state index in [2.05, 4.69) is 24.1 Å². The van der Waals surface area contributed by atoms with Crippen LogP contribution in [0.2, 0.25) is 0 Å². The van der Waals surface area contributed by atoms with E-state index >= 15 is 0 Å². The number of nitrogens with zero attached hydrogens (tertiary/aromatic N) is 1. The molecule has 0 N–H and O–H groups in total. The molecule has 0 aliphatic carbocycles. The molecule has 3 nitrogen and oxygen atoms in total. The van der Waals surface area contributed by atoms with Crippen molar-refractivity contribution in [3.63, 3.8) is 0 Å². The molecule has 0 amide bonds. The van der Waals surface area contributed by atoms with Crippen LogP contribution in [-0.4, -0.2) is 38.8 Å². The number of likely N-dealkylation sites (tertiary alicyclic amines) is 1. The molecule has 35 heavy (non-hydrogen) atoms. The Morgan fingerprint density at radius 1 is 0.914 bits per heavy atom. The summed E-state index contributed by atoms with van der Waals surface area (Å²) in [5.41, 5.74) is 1.22. The third-order valence-electron chi connectivity index (χ3n) is 6.78. The molecule has 0 saturated carbocycles. The zero-order valence-corrected chi connectivity index (χ0v) is 19.9. The average Bonchev–Trinajstić information content (AvgIpc) is 2.85. The third-order valence-corrected chi connectivity index (χ3v) is 6.78. The minimum Gasteiger partial charge on any atom is -0.494 e. The Morgan fingerprint density at radius 2 is 1.63 bits per heavy atom. The number of halogens is 4. The molecule has 0 aromatic heterocycles. The lowest BCUT2D eigenvalue weighted by molar-refractivity contribution is -0.137. The van der Waals surface area contributed by atoms with Gasteiger partial charge in [0.2, 0.25) is 0 Å². The van der Waals surface area contributed by atoms with Crippen molar-refractivity contribution < 1.29 is 27.0 Å². The third kappa shape index (κ3) is 5.85. The highest BCUT2D eigenvalue weighted by atomic mass is 19.4. The maximum Gasteiger partial charge on any atom is 0.416 e. The van der Waals surface area contributed by atoms with Gasteiger partial charge in [-0.1, -0.05) is 36.4 Å². The van der Waals surface area contributed by atoms with Crippen LogP contribution >= 0.6 is 0 Å². The Balaban J connectivity index is 1.58. The van der Waals surface area contributed by atoms with Gasteiger partial charge in [0.05, 0.1) is 25.9 Å². The van der Waals surface area contributed by atoms with Gasteiger partial charge in [-0.25, -0.2) is 4.39 Å². The summed E-state index contributed by atoms with van der Waals surface area (Å²) in [6.07, 6.45) is -2.71. The zero-order chi connectivity index (χ0) is 25.1. The van der Waals surface area contributed by atoms with Crippen LogP contribution in [0.3, 0.4) is 0 Å². The lowest BCUT2D eigenvalue weighted by Crippen LogP contribution is -2.43. The van der Waals surface area contributed by atoms with Crippen molar-refractivity contribution in [3.8, 4) is 16.9 Å². The van der Waals surface area contributed by atoms with Gasteiger partial charge in [-0.15, -0.1) is 0 Å². The molecule has 1 aliphatic heterocycles. The minimum absolute atomic E-state index is 0.0278. The normalized spacial score (nSPS) is 16.3. The van der Waals surface area contributed by atoms with Crippen LogP contribution in [0.5, 0.6) is 5.75 Å². The molecule has 3 aromatic carbocycles. The minimum atomic E-state index is -4.53. The smallest absolute Gasteiger partial charge is 0.416 e. The summed E-state index contributed by atoms with van der Waals surface area (Å²) in [7, 11) is 3.42. The highest BCUT2D eigenvalue weighted by molar-refractivity contribution is 5.66. The number of alkyl halides is 3. The van der Waals surface area contributed by atoms with Crippen molar-refractivity contribution in [2.75, 3.05) is 33.9 Å². The quantitative estimate of drug-likeness (QED) is 0.346. The molecule has 1 fully saturated rings. The van der Waals surface area contributed by atoms with Crippen LogP contribution in [0.15, 0.2) is 66.7 Å². The SMILES string of the molecule is COc1ccc(-c2cc(COCC3(c4ccccc4)CCN(C)CC3)cc(C(F)(F)F)c2)cc1F. The molecule has 186 valence electrons. The van der Waals surface area contributed by atoms with Gasteiger partial charge in [-0.2, -0.15) is 13.2 Å². The monoisotopic (exact) mass is 487 g/mol. The van der Waals surface area contributed by atoms with Crippen LogP contribution in [-0.2, 0) is 22.9 Å². The van der Waals surface area contributed by atoms with E-state index < -0.39 is 17.6 Å². The van der Waals surface area contributed by atoms with E-state index in [1.807, 2.05) is 18.2 Å². The first-order valence-electron chi connectivity index (χ1n) is 11.6. The molecule has 3 aromatic rings. The maximum absolute atomic E-state index is 14.2. The van der Waals surface area contributed by atoms with E-state index in [-0.39, 0.29) is 23.3 Å². The van der Waals surface area contributed by atoms with E-state index in [0.29, 0.717) is 17.7 Å². The fourth-order valence-electron chi connectivity index (χ4n) is 4.67. The number of methoxy groups -OCH3 is 1. The van der Waals surface area contributed by atoms with Gasteiger partial charge in [0, 0.05) is 5.41 Å². The lowest BCUT2D eigenvalue weighted by Gasteiger charge is -2.41. The molecule has 4 rings (SSSR count).